The third-order valence-corrected chi connectivity index (χ3v) is 1.20. The van der Waals surface area contributed by atoms with Crippen molar-refractivity contribution in [3.05, 3.63) is 12.2 Å². The molecule has 0 aliphatic carbocycles. The number of ether oxygens (including phenoxy) is 1. The van der Waals surface area contributed by atoms with Gasteiger partial charge in [-0.1, -0.05) is 6.08 Å². The van der Waals surface area contributed by atoms with Crippen molar-refractivity contribution in [3.63, 3.8) is 0 Å². The van der Waals surface area contributed by atoms with E-state index in [1.165, 1.54) is 6.08 Å². The molecule has 0 aliphatic rings. The largest absolute Gasteiger partial charge is 0.463 e. The lowest BCUT2D eigenvalue weighted by Crippen LogP contribution is -1.98. The van der Waals surface area contributed by atoms with Gasteiger partial charge in [0.05, 0.1) is 12.7 Å². The van der Waals surface area contributed by atoms with Crippen LogP contribution in [0.15, 0.2) is 12.2 Å². The average Bonchev–Trinajstić information content (AvgIpc) is 2.05. The molecule has 0 aliphatic heterocycles. The number of hydrogen-bond donors (Lipinski definition) is 0. The first-order valence-electron chi connectivity index (χ1n) is 4.01. The standard InChI is InChI=1S/C9H13NO2/c1-2-12-9(11)7-5-3-4-6-8-10/h5,7H,2-4,6H2,1H3/b7-5+. The molecule has 0 spiro atoms. The number of hydrogen-bond acceptors (Lipinski definition) is 3. The van der Waals surface area contributed by atoms with Crippen molar-refractivity contribution in [3.8, 4) is 6.07 Å². The van der Waals surface area contributed by atoms with E-state index in [9.17, 15) is 4.79 Å². The monoisotopic (exact) mass is 167 g/mol. The number of carbonyl (C=O) groups excluding carboxylic acids is 1. The van der Waals surface area contributed by atoms with Crippen molar-refractivity contribution in [2.24, 2.45) is 0 Å². The first-order chi connectivity index (χ1) is 5.81. The number of carbonyl (C=O) groups is 1. The van der Waals surface area contributed by atoms with Gasteiger partial charge in [0.25, 0.3) is 0 Å². The number of nitriles is 1. The molecule has 0 radical (unpaired) electrons. The number of allylic oxidation sites excluding steroid dienone is 1. The highest BCUT2D eigenvalue weighted by atomic mass is 16.5. The zero-order chi connectivity index (χ0) is 9.23. The van der Waals surface area contributed by atoms with Gasteiger partial charge in [0, 0.05) is 12.5 Å². The number of nitrogens with zero attached hydrogens (tertiary/aromatic N) is 1. The molecule has 3 nitrogen and oxygen atoms in total. The minimum Gasteiger partial charge on any atom is -0.463 e. The summed E-state index contributed by atoms with van der Waals surface area (Å²) in [6, 6.07) is 2.03. The van der Waals surface area contributed by atoms with Crippen LogP contribution in [0.25, 0.3) is 0 Å². The Morgan fingerprint density at radius 1 is 1.67 bits per heavy atom. The Bertz CT molecular complexity index is 191. The number of unbranched alkanes of at least 4 members (excludes halogenated alkanes) is 2. The van der Waals surface area contributed by atoms with Gasteiger partial charge in [-0.15, -0.1) is 0 Å². The molecular formula is C9H13NO2. The van der Waals surface area contributed by atoms with Gasteiger partial charge >= 0.3 is 5.97 Å². The van der Waals surface area contributed by atoms with Gasteiger partial charge in [0.2, 0.25) is 0 Å². The van der Waals surface area contributed by atoms with Crippen molar-refractivity contribution < 1.29 is 9.53 Å². The van der Waals surface area contributed by atoms with Crippen molar-refractivity contribution >= 4 is 5.97 Å². The molecular weight excluding hydrogens is 154 g/mol. The maximum atomic E-state index is 10.7. The molecule has 3 heteroatoms. The molecule has 0 bridgehead atoms. The van der Waals surface area contributed by atoms with Crippen LogP contribution in [0.3, 0.4) is 0 Å². The topological polar surface area (TPSA) is 50.1 Å². The fourth-order valence-electron chi connectivity index (χ4n) is 0.669. The second kappa shape index (κ2) is 7.80. The van der Waals surface area contributed by atoms with Gasteiger partial charge in [-0.25, -0.2) is 4.79 Å². The van der Waals surface area contributed by atoms with E-state index in [0.717, 1.165) is 12.8 Å². The van der Waals surface area contributed by atoms with Gasteiger partial charge in [0.1, 0.15) is 0 Å². The Kier molecular flexibility index (Phi) is 6.96. The summed E-state index contributed by atoms with van der Waals surface area (Å²) in [4.78, 5) is 10.7. The zero-order valence-corrected chi connectivity index (χ0v) is 7.25. The van der Waals surface area contributed by atoms with Gasteiger partial charge in [-0.05, 0) is 19.8 Å². The van der Waals surface area contributed by atoms with E-state index in [1.54, 1.807) is 13.0 Å². The van der Waals surface area contributed by atoms with Crippen molar-refractivity contribution in [1.82, 2.24) is 0 Å². The van der Waals surface area contributed by atoms with Crippen LogP contribution >= 0.6 is 0 Å². The minimum atomic E-state index is -0.311. The van der Waals surface area contributed by atoms with E-state index in [1.807, 2.05) is 6.07 Å². The van der Waals surface area contributed by atoms with Crippen molar-refractivity contribution in [1.29, 1.82) is 5.26 Å². The third-order valence-electron chi connectivity index (χ3n) is 1.20. The highest BCUT2D eigenvalue weighted by molar-refractivity contribution is 5.81. The van der Waals surface area contributed by atoms with Crippen LogP contribution < -0.4 is 0 Å². The molecule has 0 aromatic rings. The number of esters is 1. The van der Waals surface area contributed by atoms with Crippen LogP contribution in [0.2, 0.25) is 0 Å². The molecule has 0 N–H and O–H groups in total. The van der Waals surface area contributed by atoms with Gasteiger partial charge < -0.3 is 4.74 Å². The van der Waals surface area contributed by atoms with E-state index in [-0.39, 0.29) is 5.97 Å². The molecule has 0 heterocycles. The highest BCUT2D eigenvalue weighted by Crippen LogP contribution is 1.95. The van der Waals surface area contributed by atoms with Crippen LogP contribution in [0.5, 0.6) is 0 Å². The van der Waals surface area contributed by atoms with E-state index < -0.39 is 0 Å². The van der Waals surface area contributed by atoms with Crippen molar-refractivity contribution in [2.75, 3.05) is 6.61 Å². The quantitative estimate of drug-likeness (QED) is 0.356. The van der Waals surface area contributed by atoms with E-state index in [2.05, 4.69) is 4.74 Å². The molecule has 0 aromatic heterocycles. The predicted molar refractivity (Wildman–Crippen MR) is 45.2 cm³/mol. The molecule has 0 aromatic carbocycles. The van der Waals surface area contributed by atoms with Crippen LogP contribution in [-0.4, -0.2) is 12.6 Å². The summed E-state index contributed by atoms with van der Waals surface area (Å²) in [5.74, 6) is -0.311. The second-order valence-corrected chi connectivity index (χ2v) is 2.20. The molecule has 0 unspecified atom stereocenters. The molecule has 66 valence electrons. The molecule has 0 saturated heterocycles. The van der Waals surface area contributed by atoms with Crippen LogP contribution in [-0.2, 0) is 9.53 Å². The summed E-state index contributed by atoms with van der Waals surface area (Å²) in [7, 11) is 0. The Hall–Kier alpha value is -1.30. The summed E-state index contributed by atoms with van der Waals surface area (Å²) >= 11 is 0. The Morgan fingerprint density at radius 2 is 2.42 bits per heavy atom. The van der Waals surface area contributed by atoms with Gasteiger partial charge in [0.15, 0.2) is 0 Å². The first-order valence-corrected chi connectivity index (χ1v) is 4.01. The summed E-state index contributed by atoms with van der Waals surface area (Å²) in [5.41, 5.74) is 0. The van der Waals surface area contributed by atoms with Gasteiger partial charge in [-0.3, -0.25) is 0 Å². The number of rotatable bonds is 5. The lowest BCUT2D eigenvalue weighted by molar-refractivity contribution is -0.137. The van der Waals surface area contributed by atoms with Crippen LogP contribution in [0, 0.1) is 11.3 Å². The molecule has 0 amide bonds. The van der Waals surface area contributed by atoms with Gasteiger partial charge in [-0.2, -0.15) is 5.26 Å². The summed E-state index contributed by atoms with van der Waals surface area (Å²) in [5, 5.41) is 8.19. The normalized spacial score (nSPS) is 9.67. The fraction of sp³-hybridized carbons (Fsp3) is 0.556. The third kappa shape index (κ3) is 6.81. The molecule has 0 saturated carbocycles. The lowest BCUT2D eigenvalue weighted by atomic mass is 10.2. The first kappa shape index (κ1) is 10.7. The maximum absolute atomic E-state index is 10.7. The SMILES string of the molecule is CCOC(=O)/C=C/CCCC#N. The zero-order valence-electron chi connectivity index (χ0n) is 7.25. The molecule has 0 rings (SSSR count). The Labute approximate surface area is 72.6 Å². The van der Waals surface area contributed by atoms with Crippen molar-refractivity contribution in [2.45, 2.75) is 26.2 Å². The Balaban J connectivity index is 3.36. The van der Waals surface area contributed by atoms with Crippen LogP contribution in [0.4, 0.5) is 0 Å². The average molecular weight is 167 g/mol. The summed E-state index contributed by atoms with van der Waals surface area (Å²) in [6.45, 7) is 2.17. The second-order valence-electron chi connectivity index (χ2n) is 2.20. The van der Waals surface area contributed by atoms with E-state index in [4.69, 9.17) is 5.26 Å². The summed E-state index contributed by atoms with van der Waals surface area (Å²) < 4.78 is 4.66. The fourth-order valence-corrected chi connectivity index (χ4v) is 0.669. The predicted octanol–water partition coefficient (Wildman–Crippen LogP) is 1.80. The van der Waals surface area contributed by atoms with E-state index >= 15 is 0 Å². The smallest absolute Gasteiger partial charge is 0.330 e. The molecule has 0 fully saturated rings. The lowest BCUT2D eigenvalue weighted by Gasteiger charge is -1.93. The molecule has 12 heavy (non-hydrogen) atoms. The summed E-state index contributed by atoms with van der Waals surface area (Å²) in [6.07, 6.45) is 5.22. The molecule has 0 atom stereocenters. The van der Waals surface area contributed by atoms with E-state index in [0.29, 0.717) is 13.0 Å². The minimum absolute atomic E-state index is 0.311. The highest BCUT2D eigenvalue weighted by Gasteiger charge is 1.91. The van der Waals surface area contributed by atoms with Crippen LogP contribution in [0.1, 0.15) is 26.2 Å². The Morgan fingerprint density at radius 3 is 3.00 bits per heavy atom. The maximum Gasteiger partial charge on any atom is 0.330 e.